The summed E-state index contributed by atoms with van der Waals surface area (Å²) in [4.78, 5) is 0. The molecular weight excluding hydrogens is 262 g/mol. The van der Waals surface area contributed by atoms with Crippen molar-refractivity contribution >= 4 is 11.6 Å². The molecule has 19 heavy (non-hydrogen) atoms. The molecule has 0 fully saturated rings. The molecule has 0 aliphatic carbocycles. The molecule has 1 unspecified atom stereocenters. The Balaban J connectivity index is 3.05. The van der Waals surface area contributed by atoms with E-state index in [0.717, 1.165) is 24.2 Å². The van der Waals surface area contributed by atoms with Gasteiger partial charge in [0.05, 0.1) is 7.11 Å². The Bertz CT molecular complexity index is 432. The molecule has 0 radical (unpaired) electrons. The van der Waals surface area contributed by atoms with Gasteiger partial charge in [0.1, 0.15) is 6.61 Å². The topological polar surface area (TPSA) is 44.5 Å². The van der Waals surface area contributed by atoms with Crippen molar-refractivity contribution < 1.29 is 9.47 Å². The number of hydrogen-bond donors (Lipinski definition) is 1. The second kappa shape index (κ2) is 8.08. The molecular formula is C15H22ClNO2. The summed E-state index contributed by atoms with van der Waals surface area (Å²) in [6, 6.07) is 3.74. The van der Waals surface area contributed by atoms with E-state index >= 15 is 0 Å². The highest BCUT2D eigenvalue weighted by molar-refractivity contribution is 6.30. The fourth-order valence-corrected chi connectivity index (χ4v) is 1.98. The first-order chi connectivity index (χ1) is 9.12. The van der Waals surface area contributed by atoms with E-state index in [0.29, 0.717) is 17.4 Å². The van der Waals surface area contributed by atoms with Gasteiger partial charge in [-0.2, -0.15) is 0 Å². The number of halogens is 1. The average Bonchev–Trinajstić information content (AvgIpc) is 2.40. The Labute approximate surface area is 120 Å². The molecule has 0 aliphatic rings. The van der Waals surface area contributed by atoms with Crippen LogP contribution in [0.5, 0.6) is 11.5 Å². The summed E-state index contributed by atoms with van der Waals surface area (Å²) in [6.45, 7) is 4.52. The Morgan fingerprint density at radius 1 is 1.42 bits per heavy atom. The molecule has 1 atom stereocenters. The van der Waals surface area contributed by atoms with Gasteiger partial charge in [0.2, 0.25) is 0 Å². The number of hydrogen-bond acceptors (Lipinski definition) is 3. The summed E-state index contributed by atoms with van der Waals surface area (Å²) >= 11 is 6.10. The SMILES string of the molecule is C/C=C/COc1c(CC(N)CC)cc(Cl)cc1OC. The maximum absolute atomic E-state index is 6.10. The molecule has 0 heterocycles. The van der Waals surface area contributed by atoms with Crippen LogP contribution < -0.4 is 15.2 Å². The number of rotatable bonds is 7. The highest BCUT2D eigenvalue weighted by Gasteiger charge is 2.14. The maximum atomic E-state index is 6.10. The molecule has 1 aromatic rings. The van der Waals surface area contributed by atoms with Crippen molar-refractivity contribution in [3.63, 3.8) is 0 Å². The van der Waals surface area contributed by atoms with Gasteiger partial charge < -0.3 is 15.2 Å². The van der Waals surface area contributed by atoms with E-state index < -0.39 is 0 Å². The molecule has 0 saturated heterocycles. The van der Waals surface area contributed by atoms with Crippen molar-refractivity contribution in [1.29, 1.82) is 0 Å². The van der Waals surface area contributed by atoms with Gasteiger partial charge in [-0.05, 0) is 25.8 Å². The Morgan fingerprint density at radius 2 is 2.16 bits per heavy atom. The number of nitrogens with two attached hydrogens (primary N) is 1. The lowest BCUT2D eigenvalue weighted by molar-refractivity contribution is 0.322. The van der Waals surface area contributed by atoms with E-state index in [9.17, 15) is 0 Å². The van der Waals surface area contributed by atoms with Crippen LogP contribution in [-0.2, 0) is 6.42 Å². The standard InChI is InChI=1S/C15H22ClNO2/c1-4-6-7-19-15-11(9-13(17)5-2)8-12(16)10-14(15)18-3/h4,6,8,10,13H,5,7,9,17H2,1-3H3/b6-4+. The van der Waals surface area contributed by atoms with Crippen molar-refractivity contribution in [2.75, 3.05) is 13.7 Å². The van der Waals surface area contributed by atoms with E-state index in [-0.39, 0.29) is 6.04 Å². The van der Waals surface area contributed by atoms with Crippen LogP contribution in [0.2, 0.25) is 5.02 Å². The molecule has 3 nitrogen and oxygen atoms in total. The van der Waals surface area contributed by atoms with Gasteiger partial charge in [-0.25, -0.2) is 0 Å². The van der Waals surface area contributed by atoms with Crippen molar-refractivity contribution in [3.8, 4) is 11.5 Å². The van der Waals surface area contributed by atoms with Crippen molar-refractivity contribution in [1.82, 2.24) is 0 Å². The smallest absolute Gasteiger partial charge is 0.164 e. The van der Waals surface area contributed by atoms with Crippen LogP contribution in [0.4, 0.5) is 0 Å². The number of allylic oxidation sites excluding steroid dienone is 1. The van der Waals surface area contributed by atoms with Crippen molar-refractivity contribution in [2.24, 2.45) is 5.73 Å². The van der Waals surface area contributed by atoms with E-state index in [1.807, 2.05) is 25.1 Å². The Morgan fingerprint density at radius 3 is 2.74 bits per heavy atom. The second-order valence-electron chi connectivity index (χ2n) is 4.35. The second-order valence-corrected chi connectivity index (χ2v) is 4.79. The summed E-state index contributed by atoms with van der Waals surface area (Å²) in [5, 5.41) is 0.633. The van der Waals surface area contributed by atoms with Gasteiger partial charge in [-0.15, -0.1) is 0 Å². The minimum absolute atomic E-state index is 0.0900. The molecule has 1 rings (SSSR count). The zero-order valence-corrected chi connectivity index (χ0v) is 12.5. The molecule has 0 saturated carbocycles. The van der Waals surface area contributed by atoms with E-state index in [2.05, 4.69) is 6.92 Å². The van der Waals surface area contributed by atoms with Crippen LogP contribution >= 0.6 is 11.6 Å². The molecule has 106 valence electrons. The van der Waals surface area contributed by atoms with Crippen molar-refractivity contribution in [2.45, 2.75) is 32.7 Å². The Kier molecular flexibility index (Phi) is 6.74. The summed E-state index contributed by atoms with van der Waals surface area (Å²) in [6.07, 6.45) is 5.51. The highest BCUT2D eigenvalue weighted by Crippen LogP contribution is 2.35. The first kappa shape index (κ1) is 15.9. The molecule has 0 bridgehead atoms. The fourth-order valence-electron chi connectivity index (χ4n) is 1.74. The third-order valence-corrected chi connectivity index (χ3v) is 3.10. The molecule has 2 N–H and O–H groups in total. The number of benzene rings is 1. The molecule has 4 heteroatoms. The molecule has 0 spiro atoms. The predicted molar refractivity (Wildman–Crippen MR) is 80.3 cm³/mol. The van der Waals surface area contributed by atoms with Gasteiger partial charge in [0, 0.05) is 22.7 Å². The van der Waals surface area contributed by atoms with E-state index in [4.69, 9.17) is 26.8 Å². The van der Waals surface area contributed by atoms with Gasteiger partial charge in [-0.1, -0.05) is 30.7 Å². The fraction of sp³-hybridized carbons (Fsp3) is 0.467. The quantitative estimate of drug-likeness (QED) is 0.778. The molecule has 0 aliphatic heterocycles. The van der Waals surface area contributed by atoms with E-state index in [1.165, 1.54) is 0 Å². The van der Waals surface area contributed by atoms with Crippen LogP contribution in [0.1, 0.15) is 25.8 Å². The summed E-state index contributed by atoms with van der Waals surface area (Å²) in [5.74, 6) is 1.38. The van der Waals surface area contributed by atoms with Gasteiger partial charge >= 0.3 is 0 Å². The van der Waals surface area contributed by atoms with Crippen LogP contribution in [0.3, 0.4) is 0 Å². The first-order valence-electron chi connectivity index (χ1n) is 6.48. The zero-order valence-electron chi connectivity index (χ0n) is 11.8. The normalized spacial score (nSPS) is 12.7. The van der Waals surface area contributed by atoms with Crippen LogP contribution in [-0.4, -0.2) is 19.8 Å². The first-order valence-corrected chi connectivity index (χ1v) is 6.86. The van der Waals surface area contributed by atoms with Gasteiger partial charge in [-0.3, -0.25) is 0 Å². The monoisotopic (exact) mass is 283 g/mol. The van der Waals surface area contributed by atoms with Crippen LogP contribution in [0.25, 0.3) is 0 Å². The minimum atomic E-state index is 0.0900. The molecule has 1 aromatic carbocycles. The average molecular weight is 284 g/mol. The maximum Gasteiger partial charge on any atom is 0.164 e. The van der Waals surface area contributed by atoms with E-state index in [1.54, 1.807) is 13.2 Å². The third kappa shape index (κ3) is 4.77. The summed E-state index contributed by atoms with van der Waals surface area (Å²) in [5.41, 5.74) is 7.01. The number of methoxy groups -OCH3 is 1. The predicted octanol–water partition coefficient (Wildman–Crippen LogP) is 3.58. The number of ether oxygens (including phenoxy) is 2. The Hall–Kier alpha value is -1.19. The van der Waals surface area contributed by atoms with Crippen molar-refractivity contribution in [3.05, 3.63) is 34.9 Å². The lowest BCUT2D eigenvalue weighted by Crippen LogP contribution is -2.22. The van der Waals surface area contributed by atoms with Gasteiger partial charge in [0.25, 0.3) is 0 Å². The minimum Gasteiger partial charge on any atom is -0.493 e. The highest BCUT2D eigenvalue weighted by atomic mass is 35.5. The molecule has 0 aromatic heterocycles. The van der Waals surface area contributed by atoms with Crippen LogP contribution in [0, 0.1) is 0 Å². The molecule has 0 amide bonds. The largest absolute Gasteiger partial charge is 0.493 e. The van der Waals surface area contributed by atoms with Crippen LogP contribution in [0.15, 0.2) is 24.3 Å². The summed E-state index contributed by atoms with van der Waals surface area (Å²) < 4.78 is 11.1. The van der Waals surface area contributed by atoms with Gasteiger partial charge in [0.15, 0.2) is 11.5 Å². The lowest BCUT2D eigenvalue weighted by atomic mass is 10.0. The summed E-state index contributed by atoms with van der Waals surface area (Å²) in [7, 11) is 1.61. The third-order valence-electron chi connectivity index (χ3n) is 2.88. The zero-order chi connectivity index (χ0) is 14.3. The lowest BCUT2D eigenvalue weighted by Gasteiger charge is -2.17.